The quantitative estimate of drug-likeness (QED) is 0.518. The highest BCUT2D eigenvalue weighted by Crippen LogP contribution is 2.03. The van der Waals surface area contributed by atoms with E-state index in [-0.39, 0.29) is 18.6 Å². The number of ether oxygens (including phenoxy) is 1. The Morgan fingerprint density at radius 3 is 2.18 bits per heavy atom. The number of halogens is 2. The van der Waals surface area contributed by atoms with E-state index in [2.05, 4.69) is 0 Å². The Kier molecular flexibility index (Phi) is 8.28. The van der Waals surface area contributed by atoms with Crippen LogP contribution in [-0.2, 0) is 4.74 Å². The van der Waals surface area contributed by atoms with Gasteiger partial charge in [-0.2, -0.15) is 0 Å². The number of carbonyl (C=O) groups is 1. The molecule has 68 valence electrons. The van der Waals surface area contributed by atoms with Crippen molar-refractivity contribution in [3.8, 4) is 0 Å². The van der Waals surface area contributed by atoms with Gasteiger partial charge in [0.25, 0.3) is 0 Å². The minimum atomic E-state index is -0.749. The van der Waals surface area contributed by atoms with Crippen LogP contribution in [-0.4, -0.2) is 30.7 Å². The zero-order valence-corrected chi connectivity index (χ0v) is 8.41. The first-order valence-electron chi connectivity index (χ1n) is 3.10. The molecule has 0 aliphatic rings. The third-order valence-electron chi connectivity index (χ3n) is 1.15. The van der Waals surface area contributed by atoms with E-state index in [1.807, 2.05) is 21.0 Å². The molecule has 0 aliphatic heterocycles. The Balaban J connectivity index is 0. The molecule has 0 N–H and O–H groups in total. The van der Waals surface area contributed by atoms with Crippen molar-refractivity contribution in [2.24, 2.45) is 0 Å². The number of nitrogens with zero attached hydrogens (tertiary/aromatic N) is 1. The fourth-order valence-electron chi connectivity index (χ4n) is 0.661. The van der Waals surface area contributed by atoms with Crippen molar-refractivity contribution in [3.05, 3.63) is 0 Å². The number of hydrogen-bond donors (Lipinski definition) is 0. The van der Waals surface area contributed by atoms with Gasteiger partial charge in [0, 0.05) is 11.6 Å². The molecule has 0 aromatic rings. The predicted octanol–water partition coefficient (Wildman–Crippen LogP) is 2.08. The van der Waals surface area contributed by atoms with Crippen molar-refractivity contribution in [2.75, 3.05) is 14.1 Å². The van der Waals surface area contributed by atoms with Crippen LogP contribution in [0.5, 0.6) is 0 Å². The predicted molar refractivity (Wildman–Crippen MR) is 47.3 cm³/mol. The van der Waals surface area contributed by atoms with Crippen LogP contribution >= 0.6 is 24.0 Å². The normalized spacial score (nSPS) is 12.1. The molecule has 0 aromatic carbocycles. The van der Waals surface area contributed by atoms with Crippen molar-refractivity contribution in [1.82, 2.24) is 4.90 Å². The Hall–Kier alpha value is 0.01000. The van der Waals surface area contributed by atoms with Crippen LogP contribution in [0.15, 0.2) is 0 Å². The maximum atomic E-state index is 10.2. The number of rotatable bonds is 3. The van der Waals surface area contributed by atoms with Gasteiger partial charge in [-0.1, -0.05) is 6.92 Å². The van der Waals surface area contributed by atoms with Crippen molar-refractivity contribution in [3.63, 3.8) is 0 Å². The number of hydrogen-bond acceptors (Lipinski definition) is 3. The summed E-state index contributed by atoms with van der Waals surface area (Å²) < 4.78 is 4.71. The van der Waals surface area contributed by atoms with Crippen molar-refractivity contribution >= 4 is 29.4 Å². The van der Waals surface area contributed by atoms with Crippen LogP contribution in [0.4, 0.5) is 4.79 Å². The van der Waals surface area contributed by atoms with E-state index in [9.17, 15) is 4.79 Å². The summed E-state index contributed by atoms with van der Waals surface area (Å²) in [6.07, 6.45) is 0.538. The van der Waals surface area contributed by atoms with Gasteiger partial charge in [0.2, 0.25) is 0 Å². The van der Waals surface area contributed by atoms with Crippen LogP contribution in [0.25, 0.3) is 0 Å². The minimum Gasteiger partial charge on any atom is -0.434 e. The zero-order valence-electron chi connectivity index (χ0n) is 6.83. The fourth-order valence-corrected chi connectivity index (χ4v) is 0.764. The molecule has 0 heterocycles. The lowest BCUT2D eigenvalue weighted by Gasteiger charge is -2.20. The van der Waals surface area contributed by atoms with Crippen LogP contribution in [0, 0.1) is 0 Å². The van der Waals surface area contributed by atoms with Crippen molar-refractivity contribution in [2.45, 2.75) is 19.6 Å². The van der Waals surface area contributed by atoms with Crippen molar-refractivity contribution in [1.29, 1.82) is 0 Å². The summed E-state index contributed by atoms with van der Waals surface area (Å²) in [5, 5.41) is 0. The van der Waals surface area contributed by atoms with Gasteiger partial charge >= 0.3 is 5.43 Å². The van der Waals surface area contributed by atoms with Gasteiger partial charge in [-0.3, -0.25) is 4.90 Å². The topological polar surface area (TPSA) is 29.5 Å². The Morgan fingerprint density at radius 1 is 1.64 bits per heavy atom. The molecule has 0 amide bonds. The molecule has 0 saturated heterocycles. The van der Waals surface area contributed by atoms with E-state index in [0.29, 0.717) is 0 Å². The molecule has 11 heavy (non-hydrogen) atoms. The van der Waals surface area contributed by atoms with Crippen LogP contribution in [0.3, 0.4) is 0 Å². The average molecular weight is 202 g/mol. The molecular formula is C6H13Cl2NO2. The summed E-state index contributed by atoms with van der Waals surface area (Å²) in [4.78, 5) is 12.0. The lowest BCUT2D eigenvalue weighted by Crippen LogP contribution is -2.30. The smallest absolute Gasteiger partial charge is 0.405 e. The van der Waals surface area contributed by atoms with Gasteiger partial charge in [-0.15, -0.1) is 12.4 Å². The molecule has 5 heteroatoms. The minimum absolute atomic E-state index is 0. The van der Waals surface area contributed by atoms with E-state index in [1.165, 1.54) is 0 Å². The SMILES string of the molecule is CCC(OC(=O)Cl)N(C)C.Cl. The summed E-state index contributed by atoms with van der Waals surface area (Å²) in [5.41, 5.74) is -0.749. The maximum absolute atomic E-state index is 10.2. The molecule has 0 fully saturated rings. The summed E-state index contributed by atoms with van der Waals surface area (Å²) >= 11 is 5.01. The average Bonchev–Trinajstić information content (AvgIpc) is 1.81. The largest absolute Gasteiger partial charge is 0.434 e. The van der Waals surface area contributed by atoms with E-state index < -0.39 is 5.43 Å². The molecule has 0 saturated carbocycles. The highest BCUT2D eigenvalue weighted by atomic mass is 35.5. The molecule has 3 nitrogen and oxygen atoms in total. The summed E-state index contributed by atoms with van der Waals surface area (Å²) in [6.45, 7) is 1.92. The standard InChI is InChI=1S/C6H12ClNO2.ClH/c1-4-5(8(2)3)10-6(7)9;/h5H,4H2,1-3H3;1H. The van der Waals surface area contributed by atoms with Gasteiger partial charge in [0.05, 0.1) is 0 Å². The zero-order chi connectivity index (χ0) is 8.15. The molecular weight excluding hydrogens is 189 g/mol. The lowest BCUT2D eigenvalue weighted by atomic mass is 10.4. The Labute approximate surface area is 78.1 Å². The van der Waals surface area contributed by atoms with E-state index in [4.69, 9.17) is 16.3 Å². The molecule has 0 radical (unpaired) electrons. The highest BCUT2D eigenvalue weighted by Gasteiger charge is 2.11. The van der Waals surface area contributed by atoms with Gasteiger partial charge in [0.15, 0.2) is 6.23 Å². The third kappa shape index (κ3) is 6.41. The van der Waals surface area contributed by atoms with E-state index in [0.717, 1.165) is 6.42 Å². The van der Waals surface area contributed by atoms with Gasteiger partial charge in [0.1, 0.15) is 0 Å². The van der Waals surface area contributed by atoms with Crippen LogP contribution in [0.1, 0.15) is 13.3 Å². The molecule has 0 rings (SSSR count). The first-order chi connectivity index (χ1) is 4.57. The van der Waals surface area contributed by atoms with Crippen molar-refractivity contribution < 1.29 is 9.53 Å². The second-order valence-corrected chi connectivity index (χ2v) is 2.49. The summed E-state index contributed by atoms with van der Waals surface area (Å²) in [5.74, 6) is 0. The molecule has 0 spiro atoms. The monoisotopic (exact) mass is 201 g/mol. The van der Waals surface area contributed by atoms with Crippen LogP contribution in [0.2, 0.25) is 0 Å². The lowest BCUT2D eigenvalue weighted by molar-refractivity contribution is 0.0258. The molecule has 0 bridgehead atoms. The molecule has 0 aromatic heterocycles. The van der Waals surface area contributed by atoms with Gasteiger partial charge in [-0.25, -0.2) is 4.79 Å². The van der Waals surface area contributed by atoms with Gasteiger partial charge in [-0.05, 0) is 20.5 Å². The second-order valence-electron chi connectivity index (χ2n) is 2.18. The molecule has 0 aliphatic carbocycles. The first-order valence-corrected chi connectivity index (χ1v) is 3.48. The fraction of sp³-hybridized carbons (Fsp3) is 0.833. The molecule has 1 atom stereocenters. The second kappa shape index (κ2) is 6.70. The summed E-state index contributed by atoms with van der Waals surface area (Å²) in [7, 11) is 3.65. The molecule has 1 unspecified atom stereocenters. The Morgan fingerprint density at radius 2 is 2.09 bits per heavy atom. The maximum Gasteiger partial charge on any atom is 0.405 e. The van der Waals surface area contributed by atoms with Crippen LogP contribution < -0.4 is 0 Å². The summed E-state index contributed by atoms with van der Waals surface area (Å²) in [6, 6.07) is 0. The first kappa shape index (κ1) is 13.6. The van der Waals surface area contributed by atoms with E-state index >= 15 is 0 Å². The van der Waals surface area contributed by atoms with E-state index in [1.54, 1.807) is 4.90 Å². The third-order valence-corrected chi connectivity index (χ3v) is 1.24. The highest BCUT2D eigenvalue weighted by molar-refractivity contribution is 6.61. The Bertz CT molecular complexity index is 119. The number of carbonyl (C=O) groups excluding carboxylic acids is 1. The van der Waals surface area contributed by atoms with Gasteiger partial charge < -0.3 is 4.74 Å².